The van der Waals surface area contributed by atoms with Gasteiger partial charge in [0.15, 0.2) is 5.16 Å². The Hall–Kier alpha value is -2.44. The number of benzene rings is 2. The summed E-state index contributed by atoms with van der Waals surface area (Å²) in [5.74, 6) is 0.959. The molecule has 0 aliphatic rings. The fourth-order valence-corrected chi connectivity index (χ4v) is 3.42. The summed E-state index contributed by atoms with van der Waals surface area (Å²) in [7, 11) is 1.63. The number of hydrogen-bond donors (Lipinski definition) is 1. The second-order valence-electron chi connectivity index (χ2n) is 5.57. The monoisotopic (exact) mass is 387 g/mol. The fourth-order valence-electron chi connectivity index (χ4n) is 2.42. The van der Waals surface area contributed by atoms with E-state index in [0.717, 1.165) is 27.8 Å². The standard InChI is InChI=1S/C19H18ClN3O2S/c1-13-11-14(20)3-8-17(13)22-18(24)12-26-19-21-9-10-23(19)15-4-6-16(25-2)7-5-15/h3-11H,12H2,1-2H3,(H,22,24). The third kappa shape index (κ3) is 4.39. The first-order valence-corrected chi connectivity index (χ1v) is 9.30. The quantitative estimate of drug-likeness (QED) is 0.629. The summed E-state index contributed by atoms with van der Waals surface area (Å²) < 4.78 is 7.11. The molecule has 0 saturated heterocycles. The zero-order valence-corrected chi connectivity index (χ0v) is 16.0. The number of methoxy groups -OCH3 is 1. The fraction of sp³-hybridized carbons (Fsp3) is 0.158. The lowest BCUT2D eigenvalue weighted by Crippen LogP contribution is -2.15. The van der Waals surface area contributed by atoms with Gasteiger partial charge >= 0.3 is 0 Å². The van der Waals surface area contributed by atoms with Crippen LogP contribution in [0.4, 0.5) is 5.69 Å². The Balaban J connectivity index is 1.64. The Kier molecular flexibility index (Phi) is 5.85. The Morgan fingerprint density at radius 2 is 2.04 bits per heavy atom. The highest BCUT2D eigenvalue weighted by atomic mass is 35.5. The van der Waals surface area contributed by atoms with E-state index in [9.17, 15) is 4.79 Å². The number of halogens is 1. The smallest absolute Gasteiger partial charge is 0.234 e. The number of carbonyl (C=O) groups excluding carboxylic acids is 1. The molecule has 0 radical (unpaired) electrons. The van der Waals surface area contributed by atoms with Crippen molar-refractivity contribution >= 4 is 35.0 Å². The van der Waals surface area contributed by atoms with E-state index in [0.29, 0.717) is 5.02 Å². The van der Waals surface area contributed by atoms with Gasteiger partial charge < -0.3 is 10.1 Å². The third-order valence-electron chi connectivity index (χ3n) is 3.75. The van der Waals surface area contributed by atoms with Crippen molar-refractivity contribution in [1.82, 2.24) is 9.55 Å². The molecule has 0 saturated carbocycles. The van der Waals surface area contributed by atoms with Crippen LogP contribution in [0.25, 0.3) is 5.69 Å². The summed E-state index contributed by atoms with van der Waals surface area (Å²) in [5.41, 5.74) is 2.65. The van der Waals surface area contributed by atoms with Crippen molar-refractivity contribution in [3.8, 4) is 11.4 Å². The van der Waals surface area contributed by atoms with Crippen LogP contribution in [-0.2, 0) is 4.79 Å². The van der Waals surface area contributed by atoms with Gasteiger partial charge in [-0.2, -0.15) is 0 Å². The van der Waals surface area contributed by atoms with Crippen LogP contribution < -0.4 is 10.1 Å². The van der Waals surface area contributed by atoms with E-state index >= 15 is 0 Å². The normalized spacial score (nSPS) is 10.6. The predicted molar refractivity (Wildman–Crippen MR) is 106 cm³/mol. The predicted octanol–water partition coefficient (Wildman–Crippen LogP) is 4.57. The number of rotatable bonds is 6. The molecule has 1 heterocycles. The van der Waals surface area contributed by atoms with Crippen molar-refractivity contribution < 1.29 is 9.53 Å². The van der Waals surface area contributed by atoms with Crippen molar-refractivity contribution in [2.75, 3.05) is 18.2 Å². The van der Waals surface area contributed by atoms with Crippen LogP contribution in [-0.4, -0.2) is 28.3 Å². The van der Waals surface area contributed by atoms with Gasteiger partial charge in [-0.3, -0.25) is 9.36 Å². The SMILES string of the molecule is COc1ccc(-n2ccnc2SCC(=O)Nc2ccc(Cl)cc2C)cc1. The molecular weight excluding hydrogens is 370 g/mol. The number of imidazole rings is 1. The van der Waals surface area contributed by atoms with E-state index in [-0.39, 0.29) is 11.7 Å². The number of carbonyl (C=O) groups is 1. The lowest BCUT2D eigenvalue weighted by Gasteiger charge is -2.10. The van der Waals surface area contributed by atoms with Crippen molar-refractivity contribution in [3.63, 3.8) is 0 Å². The molecule has 0 aliphatic heterocycles. The molecule has 3 rings (SSSR count). The number of aryl methyl sites for hydroxylation is 1. The molecule has 2 aromatic carbocycles. The zero-order chi connectivity index (χ0) is 18.5. The van der Waals surface area contributed by atoms with Crippen molar-refractivity contribution in [3.05, 3.63) is 65.4 Å². The van der Waals surface area contributed by atoms with Gasteiger partial charge in [0.2, 0.25) is 5.91 Å². The van der Waals surface area contributed by atoms with Gasteiger partial charge in [0.25, 0.3) is 0 Å². The summed E-state index contributed by atoms with van der Waals surface area (Å²) in [6.45, 7) is 1.91. The molecule has 0 atom stereocenters. The Labute approximate surface area is 161 Å². The van der Waals surface area contributed by atoms with Crippen LogP contribution >= 0.6 is 23.4 Å². The highest BCUT2D eigenvalue weighted by molar-refractivity contribution is 7.99. The highest BCUT2D eigenvalue weighted by Gasteiger charge is 2.10. The van der Waals surface area contributed by atoms with Crippen LogP contribution in [0.15, 0.2) is 60.0 Å². The van der Waals surface area contributed by atoms with E-state index < -0.39 is 0 Å². The van der Waals surface area contributed by atoms with Gasteiger partial charge in [0.05, 0.1) is 12.9 Å². The second-order valence-corrected chi connectivity index (χ2v) is 6.95. The molecule has 1 amide bonds. The topological polar surface area (TPSA) is 56.2 Å². The molecule has 0 unspecified atom stereocenters. The maximum atomic E-state index is 12.3. The first kappa shape index (κ1) is 18.4. The van der Waals surface area contributed by atoms with Crippen LogP contribution in [0, 0.1) is 6.92 Å². The molecule has 3 aromatic rings. The number of nitrogens with zero attached hydrogens (tertiary/aromatic N) is 2. The molecule has 5 nitrogen and oxygen atoms in total. The van der Waals surface area contributed by atoms with Crippen molar-refractivity contribution in [1.29, 1.82) is 0 Å². The average molecular weight is 388 g/mol. The van der Waals surface area contributed by atoms with E-state index in [1.165, 1.54) is 11.8 Å². The van der Waals surface area contributed by atoms with Crippen LogP contribution in [0.2, 0.25) is 5.02 Å². The van der Waals surface area contributed by atoms with Gasteiger partial charge in [-0.25, -0.2) is 4.98 Å². The van der Waals surface area contributed by atoms with Crippen molar-refractivity contribution in [2.45, 2.75) is 12.1 Å². The number of thioether (sulfide) groups is 1. The van der Waals surface area contributed by atoms with E-state index in [2.05, 4.69) is 10.3 Å². The Bertz CT molecular complexity index is 909. The number of anilines is 1. The van der Waals surface area contributed by atoms with Crippen LogP contribution in [0.1, 0.15) is 5.56 Å². The minimum absolute atomic E-state index is 0.0929. The van der Waals surface area contributed by atoms with Gasteiger partial charge in [-0.1, -0.05) is 23.4 Å². The van der Waals surface area contributed by atoms with E-state index in [1.807, 2.05) is 48.0 Å². The number of hydrogen-bond acceptors (Lipinski definition) is 4. The average Bonchev–Trinajstić information content (AvgIpc) is 3.11. The largest absolute Gasteiger partial charge is 0.497 e. The van der Waals surface area contributed by atoms with E-state index in [4.69, 9.17) is 16.3 Å². The molecule has 0 aliphatic carbocycles. The maximum absolute atomic E-state index is 12.3. The summed E-state index contributed by atoms with van der Waals surface area (Å²) in [5, 5.41) is 4.30. The third-order valence-corrected chi connectivity index (χ3v) is 4.95. The highest BCUT2D eigenvalue weighted by Crippen LogP contribution is 2.23. The lowest BCUT2D eigenvalue weighted by atomic mass is 10.2. The molecule has 7 heteroatoms. The lowest BCUT2D eigenvalue weighted by molar-refractivity contribution is -0.113. The molecule has 1 aromatic heterocycles. The minimum atomic E-state index is -0.0929. The first-order valence-electron chi connectivity index (χ1n) is 7.93. The molecule has 26 heavy (non-hydrogen) atoms. The number of ether oxygens (including phenoxy) is 1. The number of nitrogens with one attached hydrogen (secondary N) is 1. The molecule has 134 valence electrons. The first-order chi connectivity index (χ1) is 12.6. The summed E-state index contributed by atoms with van der Waals surface area (Å²) in [6, 6.07) is 13.1. The van der Waals surface area contributed by atoms with Crippen molar-refractivity contribution in [2.24, 2.45) is 0 Å². The van der Waals surface area contributed by atoms with Gasteiger partial charge in [-0.15, -0.1) is 0 Å². The molecule has 0 spiro atoms. The number of amides is 1. The Morgan fingerprint density at radius 1 is 1.27 bits per heavy atom. The van der Waals surface area contributed by atoms with Gasteiger partial charge in [0, 0.05) is 28.8 Å². The van der Waals surface area contributed by atoms with Crippen LogP contribution in [0.3, 0.4) is 0 Å². The van der Waals surface area contributed by atoms with Gasteiger partial charge in [-0.05, 0) is 55.0 Å². The summed E-state index contributed by atoms with van der Waals surface area (Å²) in [6.07, 6.45) is 3.58. The summed E-state index contributed by atoms with van der Waals surface area (Å²) in [4.78, 5) is 16.6. The minimum Gasteiger partial charge on any atom is -0.497 e. The zero-order valence-electron chi connectivity index (χ0n) is 14.4. The van der Waals surface area contributed by atoms with Gasteiger partial charge in [0.1, 0.15) is 5.75 Å². The Morgan fingerprint density at radius 3 is 2.73 bits per heavy atom. The molecule has 0 fully saturated rings. The molecular formula is C19H18ClN3O2S. The summed E-state index contributed by atoms with van der Waals surface area (Å²) >= 11 is 7.32. The van der Waals surface area contributed by atoms with Crippen LogP contribution in [0.5, 0.6) is 5.75 Å². The number of aromatic nitrogens is 2. The van der Waals surface area contributed by atoms with E-state index in [1.54, 1.807) is 25.4 Å². The molecule has 1 N–H and O–H groups in total. The molecule has 0 bridgehead atoms. The maximum Gasteiger partial charge on any atom is 0.234 e. The second kappa shape index (κ2) is 8.29.